The fourth-order valence-electron chi connectivity index (χ4n) is 1.95. The lowest BCUT2D eigenvalue weighted by molar-refractivity contribution is 0.571. The highest BCUT2D eigenvalue weighted by Crippen LogP contribution is 2.26. The molecule has 0 aliphatic heterocycles. The summed E-state index contributed by atoms with van der Waals surface area (Å²) in [6.07, 6.45) is 4.21. The number of hydrogen-bond acceptors (Lipinski definition) is 4. The molecule has 108 valence electrons. The van der Waals surface area contributed by atoms with Crippen molar-refractivity contribution in [3.63, 3.8) is 0 Å². The molecule has 0 spiro atoms. The van der Waals surface area contributed by atoms with E-state index in [-0.39, 0.29) is 5.41 Å². The molecule has 5 heteroatoms. The Balaban J connectivity index is 2.26. The Bertz CT molecular complexity index is 587. The molecule has 2 rings (SSSR count). The van der Waals surface area contributed by atoms with Crippen LogP contribution < -0.4 is 0 Å². The van der Waals surface area contributed by atoms with Crippen LogP contribution in [0.5, 0.6) is 0 Å². The first-order valence-electron chi connectivity index (χ1n) is 6.85. The highest BCUT2D eigenvalue weighted by Gasteiger charge is 2.18. The summed E-state index contributed by atoms with van der Waals surface area (Å²) in [7, 11) is 0. The van der Waals surface area contributed by atoms with Gasteiger partial charge < -0.3 is 0 Å². The van der Waals surface area contributed by atoms with E-state index in [2.05, 4.69) is 43.0 Å². The third kappa shape index (κ3) is 3.55. The molecule has 0 fully saturated rings. The summed E-state index contributed by atoms with van der Waals surface area (Å²) in [5.41, 5.74) is 3.28. The van der Waals surface area contributed by atoms with Crippen LogP contribution in [0.1, 0.15) is 56.1 Å². The van der Waals surface area contributed by atoms with E-state index in [1.165, 1.54) is 6.33 Å². The second-order valence-electron chi connectivity index (χ2n) is 5.89. The van der Waals surface area contributed by atoms with Crippen LogP contribution in [0.2, 0.25) is 5.15 Å². The van der Waals surface area contributed by atoms with Crippen molar-refractivity contribution in [1.29, 1.82) is 0 Å². The summed E-state index contributed by atoms with van der Waals surface area (Å²) >= 11 is 7.87. The van der Waals surface area contributed by atoms with Gasteiger partial charge in [-0.2, -0.15) is 0 Å². The zero-order valence-corrected chi connectivity index (χ0v) is 14.0. The number of thiazole rings is 1. The summed E-state index contributed by atoms with van der Waals surface area (Å²) in [5.74, 6) is 0. The van der Waals surface area contributed by atoms with Crippen LogP contribution in [0.15, 0.2) is 11.7 Å². The number of rotatable bonds is 4. The molecule has 2 aromatic heterocycles. The van der Waals surface area contributed by atoms with Gasteiger partial charge >= 0.3 is 0 Å². The highest BCUT2D eigenvalue weighted by molar-refractivity contribution is 7.09. The normalized spacial score (nSPS) is 11.8. The first-order chi connectivity index (χ1) is 9.41. The molecule has 2 aromatic rings. The Morgan fingerprint density at radius 1 is 1.25 bits per heavy atom. The van der Waals surface area contributed by atoms with Crippen molar-refractivity contribution in [1.82, 2.24) is 15.0 Å². The van der Waals surface area contributed by atoms with E-state index >= 15 is 0 Å². The van der Waals surface area contributed by atoms with Crippen molar-refractivity contribution in [2.45, 2.75) is 52.4 Å². The molecule has 0 bridgehead atoms. The average molecular weight is 310 g/mol. The van der Waals surface area contributed by atoms with Crippen LogP contribution in [-0.4, -0.2) is 15.0 Å². The summed E-state index contributed by atoms with van der Waals surface area (Å²) in [6, 6.07) is 0. The summed E-state index contributed by atoms with van der Waals surface area (Å²) in [5, 5.41) is 3.80. The maximum atomic E-state index is 6.18. The largest absolute Gasteiger partial charge is 0.245 e. The van der Waals surface area contributed by atoms with Gasteiger partial charge in [0.05, 0.1) is 16.4 Å². The molecule has 0 aromatic carbocycles. The van der Waals surface area contributed by atoms with Crippen LogP contribution in [0, 0.1) is 0 Å². The maximum Gasteiger partial charge on any atom is 0.135 e. The maximum absolute atomic E-state index is 6.18. The molecular formula is C15H20ClN3S. The minimum absolute atomic E-state index is 0.0876. The third-order valence-corrected chi connectivity index (χ3v) is 4.30. The van der Waals surface area contributed by atoms with Gasteiger partial charge in [-0.25, -0.2) is 15.0 Å². The minimum Gasteiger partial charge on any atom is -0.245 e. The first kappa shape index (κ1) is 15.4. The molecule has 0 amide bonds. The van der Waals surface area contributed by atoms with E-state index in [1.807, 2.05) is 0 Å². The number of nitrogens with zero attached hydrogens (tertiary/aromatic N) is 3. The molecule has 2 heterocycles. The second-order valence-corrected chi connectivity index (χ2v) is 7.19. The lowest BCUT2D eigenvalue weighted by Gasteiger charge is -2.14. The average Bonchev–Trinajstić information content (AvgIpc) is 2.82. The molecule has 0 N–H and O–H groups in total. The molecule has 0 radical (unpaired) electrons. The monoisotopic (exact) mass is 309 g/mol. The zero-order chi connectivity index (χ0) is 14.8. The van der Waals surface area contributed by atoms with Crippen molar-refractivity contribution in [3.05, 3.63) is 38.8 Å². The van der Waals surface area contributed by atoms with Gasteiger partial charge in [-0.3, -0.25) is 0 Å². The number of hydrogen-bond donors (Lipinski definition) is 0. The Morgan fingerprint density at radius 3 is 2.60 bits per heavy atom. The zero-order valence-electron chi connectivity index (χ0n) is 12.4. The van der Waals surface area contributed by atoms with Crippen molar-refractivity contribution in [2.24, 2.45) is 0 Å². The van der Waals surface area contributed by atoms with Gasteiger partial charge in [0.25, 0.3) is 0 Å². The van der Waals surface area contributed by atoms with Crippen LogP contribution in [0.25, 0.3) is 0 Å². The quantitative estimate of drug-likeness (QED) is 0.784. The van der Waals surface area contributed by atoms with E-state index < -0.39 is 0 Å². The topological polar surface area (TPSA) is 38.7 Å². The Hall–Kier alpha value is -1.000. The van der Waals surface area contributed by atoms with Gasteiger partial charge in [-0.05, 0) is 6.42 Å². The molecular weight excluding hydrogens is 290 g/mol. The standard InChI is InChI=1S/C15H20ClN3S/c1-5-6-10-11(17-9-18-14(10)16)7-13-19-12(8-20-13)15(2,3)4/h8-9H,5-7H2,1-4H3. The van der Waals surface area contributed by atoms with Crippen LogP contribution in [0.3, 0.4) is 0 Å². The van der Waals surface area contributed by atoms with Crippen molar-refractivity contribution < 1.29 is 0 Å². The fraction of sp³-hybridized carbons (Fsp3) is 0.533. The predicted octanol–water partition coefficient (Wildman–Crippen LogP) is 4.43. The molecule has 0 saturated carbocycles. The lowest BCUT2D eigenvalue weighted by Crippen LogP contribution is -2.11. The third-order valence-electron chi connectivity index (χ3n) is 3.12. The van der Waals surface area contributed by atoms with E-state index in [1.54, 1.807) is 11.3 Å². The lowest BCUT2D eigenvalue weighted by atomic mass is 9.93. The second kappa shape index (κ2) is 6.19. The highest BCUT2D eigenvalue weighted by atomic mass is 35.5. The Kier molecular flexibility index (Phi) is 4.76. The van der Waals surface area contributed by atoms with Crippen LogP contribution in [-0.2, 0) is 18.3 Å². The minimum atomic E-state index is 0.0876. The van der Waals surface area contributed by atoms with E-state index in [0.29, 0.717) is 5.15 Å². The molecule has 0 saturated heterocycles. The predicted molar refractivity (Wildman–Crippen MR) is 84.7 cm³/mol. The van der Waals surface area contributed by atoms with Crippen molar-refractivity contribution >= 4 is 22.9 Å². The van der Waals surface area contributed by atoms with Gasteiger partial charge in [0.1, 0.15) is 11.5 Å². The first-order valence-corrected chi connectivity index (χ1v) is 8.10. The van der Waals surface area contributed by atoms with Crippen molar-refractivity contribution in [3.8, 4) is 0 Å². The van der Waals surface area contributed by atoms with Gasteiger partial charge in [-0.1, -0.05) is 45.7 Å². The smallest absolute Gasteiger partial charge is 0.135 e. The summed E-state index contributed by atoms with van der Waals surface area (Å²) < 4.78 is 0. The fourth-order valence-corrected chi connectivity index (χ4v) is 3.23. The van der Waals surface area contributed by atoms with E-state index in [0.717, 1.165) is 41.2 Å². The Morgan fingerprint density at radius 2 is 2.00 bits per heavy atom. The summed E-state index contributed by atoms with van der Waals surface area (Å²) in [6.45, 7) is 8.66. The summed E-state index contributed by atoms with van der Waals surface area (Å²) in [4.78, 5) is 13.2. The van der Waals surface area contributed by atoms with E-state index in [4.69, 9.17) is 16.6 Å². The SMILES string of the molecule is CCCc1c(Cl)ncnc1Cc1nc(C(C)(C)C)cs1. The van der Waals surface area contributed by atoms with Gasteiger partial charge in [0.2, 0.25) is 0 Å². The number of halogens is 1. The van der Waals surface area contributed by atoms with Crippen LogP contribution >= 0.6 is 22.9 Å². The number of aromatic nitrogens is 3. The molecule has 0 atom stereocenters. The van der Waals surface area contributed by atoms with Crippen molar-refractivity contribution in [2.75, 3.05) is 0 Å². The van der Waals surface area contributed by atoms with E-state index in [9.17, 15) is 0 Å². The van der Waals surface area contributed by atoms with Crippen LogP contribution in [0.4, 0.5) is 0 Å². The van der Waals surface area contributed by atoms with Gasteiger partial charge in [0.15, 0.2) is 0 Å². The molecule has 20 heavy (non-hydrogen) atoms. The van der Waals surface area contributed by atoms with Gasteiger partial charge in [0, 0.05) is 22.8 Å². The molecule has 0 aliphatic rings. The molecule has 3 nitrogen and oxygen atoms in total. The molecule has 0 aliphatic carbocycles. The van der Waals surface area contributed by atoms with Gasteiger partial charge in [-0.15, -0.1) is 11.3 Å². The Labute approximate surface area is 129 Å². The molecule has 0 unspecified atom stereocenters.